The van der Waals surface area contributed by atoms with Gasteiger partial charge in [0.2, 0.25) is 11.8 Å². The van der Waals surface area contributed by atoms with E-state index in [1.807, 2.05) is 25.8 Å². The minimum absolute atomic E-state index is 0.188. The average Bonchev–Trinajstić information content (AvgIpc) is 2.91. The van der Waals surface area contributed by atoms with E-state index < -0.39 is 6.04 Å². The Morgan fingerprint density at radius 3 is 2.54 bits per heavy atom. The predicted octanol–water partition coefficient (Wildman–Crippen LogP) is 3.41. The summed E-state index contributed by atoms with van der Waals surface area (Å²) < 4.78 is 19.2. The van der Waals surface area contributed by atoms with Gasteiger partial charge in [0, 0.05) is 24.8 Å². The summed E-state index contributed by atoms with van der Waals surface area (Å²) in [5.74, 6) is -0.351. The van der Waals surface area contributed by atoms with Crippen LogP contribution in [0.4, 0.5) is 21.6 Å². The van der Waals surface area contributed by atoms with Crippen LogP contribution in [0.5, 0.6) is 0 Å². The lowest BCUT2D eigenvalue weighted by Gasteiger charge is -2.24. The molecule has 0 bridgehead atoms. The molecule has 1 atom stereocenters. The zero-order valence-electron chi connectivity index (χ0n) is 14.6. The van der Waals surface area contributed by atoms with Gasteiger partial charge in [-0.3, -0.25) is 10.1 Å². The van der Waals surface area contributed by atoms with Gasteiger partial charge in [-0.25, -0.2) is 4.39 Å². The van der Waals surface area contributed by atoms with Gasteiger partial charge in [0.1, 0.15) is 11.9 Å². The molecule has 1 heterocycles. The summed E-state index contributed by atoms with van der Waals surface area (Å²) in [5.41, 5.74) is 1.73. The summed E-state index contributed by atoms with van der Waals surface area (Å²) in [7, 11) is 1.84. The van der Waals surface area contributed by atoms with Crippen molar-refractivity contribution in [3.63, 3.8) is 0 Å². The predicted molar refractivity (Wildman–Crippen MR) is 92.9 cm³/mol. The van der Waals surface area contributed by atoms with E-state index in [9.17, 15) is 9.18 Å². The third kappa shape index (κ3) is 4.24. The second-order valence-electron chi connectivity index (χ2n) is 6.06. The summed E-state index contributed by atoms with van der Waals surface area (Å²) in [5, 5.41) is 9.28. The van der Waals surface area contributed by atoms with Crippen LogP contribution >= 0.6 is 0 Å². The van der Waals surface area contributed by atoms with Gasteiger partial charge in [0.05, 0.1) is 11.4 Å². The highest BCUT2D eigenvalue weighted by Crippen LogP contribution is 2.24. The number of aryl methyl sites for hydroxylation is 1. The Labute approximate surface area is 141 Å². The fourth-order valence-corrected chi connectivity index (χ4v) is 2.13. The molecule has 1 aromatic heterocycles. The van der Waals surface area contributed by atoms with E-state index in [0.717, 1.165) is 0 Å². The normalized spacial score (nSPS) is 12.1. The van der Waals surface area contributed by atoms with E-state index >= 15 is 0 Å². The lowest BCUT2D eigenvalue weighted by atomic mass is 10.2. The lowest BCUT2D eigenvalue weighted by Crippen LogP contribution is -2.32. The maximum absolute atomic E-state index is 14.3. The van der Waals surface area contributed by atoms with Crippen molar-refractivity contribution in [3.05, 3.63) is 35.8 Å². The molecule has 0 aliphatic rings. The Bertz CT molecular complexity index is 714. The lowest BCUT2D eigenvalue weighted by molar-refractivity contribution is -0.116. The fourth-order valence-electron chi connectivity index (χ4n) is 2.13. The van der Waals surface area contributed by atoms with E-state index in [2.05, 4.69) is 15.8 Å². The van der Waals surface area contributed by atoms with Crippen molar-refractivity contribution in [1.29, 1.82) is 0 Å². The Morgan fingerprint density at radius 1 is 1.29 bits per heavy atom. The zero-order valence-corrected chi connectivity index (χ0v) is 14.6. The SMILES string of the molecule is Cc1cc(NC(=O)C(C)Nc2ccc(N(C)C(C)C)c(F)c2)on1. The largest absolute Gasteiger partial charge is 0.374 e. The summed E-state index contributed by atoms with van der Waals surface area (Å²) in [4.78, 5) is 14.0. The number of hydrogen-bond acceptors (Lipinski definition) is 5. The van der Waals surface area contributed by atoms with Crippen LogP contribution in [0.15, 0.2) is 28.8 Å². The van der Waals surface area contributed by atoms with E-state index in [1.54, 1.807) is 32.0 Å². The zero-order chi connectivity index (χ0) is 17.9. The first-order valence-electron chi connectivity index (χ1n) is 7.81. The second-order valence-corrected chi connectivity index (χ2v) is 6.06. The highest BCUT2D eigenvalue weighted by Gasteiger charge is 2.16. The summed E-state index contributed by atoms with van der Waals surface area (Å²) >= 11 is 0. The van der Waals surface area contributed by atoms with Crippen LogP contribution in [-0.4, -0.2) is 30.2 Å². The Hall–Kier alpha value is -2.57. The molecule has 1 unspecified atom stereocenters. The van der Waals surface area contributed by atoms with Gasteiger partial charge in [0.15, 0.2) is 0 Å². The quantitative estimate of drug-likeness (QED) is 0.847. The topological polar surface area (TPSA) is 70.4 Å². The number of hydrogen-bond donors (Lipinski definition) is 2. The molecule has 0 fully saturated rings. The molecule has 0 saturated carbocycles. The van der Waals surface area contributed by atoms with E-state index in [0.29, 0.717) is 17.1 Å². The van der Waals surface area contributed by atoms with Gasteiger partial charge in [0.25, 0.3) is 0 Å². The Kier molecular flexibility index (Phi) is 5.43. The summed E-state index contributed by atoms with van der Waals surface area (Å²) in [6, 6.07) is 6.08. The Balaban J connectivity index is 2.02. The molecule has 7 heteroatoms. The van der Waals surface area contributed by atoms with Gasteiger partial charge >= 0.3 is 0 Å². The third-order valence-electron chi connectivity index (χ3n) is 3.75. The molecule has 2 rings (SSSR count). The average molecular weight is 334 g/mol. The van der Waals surface area contributed by atoms with Crippen LogP contribution < -0.4 is 15.5 Å². The van der Waals surface area contributed by atoms with Crippen LogP contribution in [0.25, 0.3) is 0 Å². The van der Waals surface area contributed by atoms with Crippen LogP contribution in [0.3, 0.4) is 0 Å². The molecule has 0 aliphatic carbocycles. The van der Waals surface area contributed by atoms with Crippen molar-refractivity contribution in [3.8, 4) is 0 Å². The van der Waals surface area contributed by atoms with Crippen LogP contribution in [0.1, 0.15) is 26.5 Å². The number of anilines is 3. The number of halogens is 1. The maximum atomic E-state index is 14.3. The molecule has 130 valence electrons. The molecule has 24 heavy (non-hydrogen) atoms. The molecule has 1 aromatic carbocycles. The molecule has 0 spiro atoms. The van der Waals surface area contributed by atoms with Crippen molar-refractivity contribution in [2.45, 2.75) is 39.8 Å². The van der Waals surface area contributed by atoms with Crippen molar-refractivity contribution in [2.24, 2.45) is 0 Å². The number of amides is 1. The third-order valence-corrected chi connectivity index (χ3v) is 3.75. The number of aromatic nitrogens is 1. The van der Waals surface area contributed by atoms with Crippen LogP contribution in [0, 0.1) is 12.7 Å². The van der Waals surface area contributed by atoms with Gasteiger partial charge in [-0.1, -0.05) is 5.16 Å². The molecule has 2 N–H and O–H groups in total. The van der Waals surface area contributed by atoms with Crippen molar-refractivity contribution >= 4 is 23.2 Å². The minimum atomic E-state index is -0.566. The smallest absolute Gasteiger partial charge is 0.248 e. The molecule has 1 amide bonds. The molecule has 6 nitrogen and oxygen atoms in total. The van der Waals surface area contributed by atoms with Crippen molar-refractivity contribution < 1.29 is 13.7 Å². The first-order valence-corrected chi connectivity index (χ1v) is 7.81. The number of nitrogens with one attached hydrogen (secondary N) is 2. The van der Waals surface area contributed by atoms with Gasteiger partial charge < -0.3 is 14.7 Å². The highest BCUT2D eigenvalue weighted by molar-refractivity contribution is 5.95. The highest BCUT2D eigenvalue weighted by atomic mass is 19.1. The standard InChI is InChI=1S/C17H23FN4O2/c1-10(2)22(5)15-7-6-13(9-14(15)18)19-12(4)17(23)20-16-8-11(3)21-24-16/h6-10,12,19H,1-5H3,(H,20,23). The summed E-state index contributed by atoms with van der Waals surface area (Å²) in [6.07, 6.45) is 0. The van der Waals surface area contributed by atoms with E-state index in [1.165, 1.54) is 6.07 Å². The molecular weight excluding hydrogens is 311 g/mol. The molecule has 0 aliphatic heterocycles. The molecule has 0 radical (unpaired) electrons. The van der Waals surface area contributed by atoms with Gasteiger partial charge in [-0.05, 0) is 45.9 Å². The molecule has 0 saturated heterocycles. The fraction of sp³-hybridized carbons (Fsp3) is 0.412. The Morgan fingerprint density at radius 2 is 2.00 bits per heavy atom. The van der Waals surface area contributed by atoms with E-state index in [4.69, 9.17) is 4.52 Å². The number of rotatable bonds is 6. The van der Waals surface area contributed by atoms with Crippen LogP contribution in [-0.2, 0) is 4.79 Å². The molecule has 2 aromatic rings. The van der Waals surface area contributed by atoms with Crippen molar-refractivity contribution in [2.75, 3.05) is 22.6 Å². The first-order chi connectivity index (χ1) is 11.3. The van der Waals surface area contributed by atoms with Crippen molar-refractivity contribution in [1.82, 2.24) is 5.16 Å². The maximum Gasteiger partial charge on any atom is 0.248 e. The first kappa shape index (κ1) is 17.8. The monoisotopic (exact) mass is 334 g/mol. The summed E-state index contributed by atoms with van der Waals surface area (Å²) in [6.45, 7) is 7.43. The second kappa shape index (κ2) is 7.33. The number of carbonyl (C=O) groups excluding carboxylic acids is 1. The number of benzene rings is 1. The van der Waals surface area contributed by atoms with Gasteiger partial charge in [-0.15, -0.1) is 0 Å². The molecular formula is C17H23FN4O2. The van der Waals surface area contributed by atoms with Gasteiger partial charge in [-0.2, -0.15) is 0 Å². The number of carbonyl (C=O) groups is 1. The number of nitrogens with zero attached hydrogens (tertiary/aromatic N) is 2. The minimum Gasteiger partial charge on any atom is -0.374 e. The van der Waals surface area contributed by atoms with E-state index in [-0.39, 0.29) is 23.7 Å². The van der Waals surface area contributed by atoms with Crippen LogP contribution in [0.2, 0.25) is 0 Å².